The number of carbonyl (C=O) groups is 2. The molecule has 3 N–H and O–H groups in total. The second kappa shape index (κ2) is 38.9. The van der Waals surface area contributed by atoms with Crippen molar-refractivity contribution in [3.63, 3.8) is 0 Å². The summed E-state index contributed by atoms with van der Waals surface area (Å²) in [7, 11) is -4.42. The van der Waals surface area contributed by atoms with Gasteiger partial charge in [-0.2, -0.15) is 0 Å². The van der Waals surface area contributed by atoms with E-state index < -0.39 is 26.5 Å². The molecule has 0 radical (unpaired) electrons. The average Bonchev–Trinajstić information content (AvgIpc) is 3.13. The van der Waals surface area contributed by atoms with E-state index in [1.54, 1.807) is 0 Å². The Morgan fingerprint density at radius 1 is 0.596 bits per heavy atom. The van der Waals surface area contributed by atoms with Gasteiger partial charge in [0, 0.05) is 19.4 Å². The number of phosphoric acid groups is 1. The Labute approximate surface area is 318 Å². The molecule has 0 aliphatic heterocycles. The molecule has 304 valence electrons. The number of aliphatic hydroxyl groups is 1. The summed E-state index contributed by atoms with van der Waals surface area (Å²) in [5.41, 5.74) is 0. The summed E-state index contributed by atoms with van der Waals surface area (Å²) >= 11 is 0. The number of nitrogens with one attached hydrogen (secondary N) is 1. The van der Waals surface area contributed by atoms with E-state index in [0.29, 0.717) is 6.42 Å². The second-order valence-electron chi connectivity index (χ2n) is 14.0. The van der Waals surface area contributed by atoms with Crippen LogP contribution in [0, 0.1) is 0 Å². The summed E-state index contributed by atoms with van der Waals surface area (Å²) in [5.74, 6) is -0.535. The Kier molecular flexibility index (Phi) is 37.6. The lowest BCUT2D eigenvalue weighted by molar-refractivity contribution is -0.147. The van der Waals surface area contributed by atoms with Gasteiger partial charge >= 0.3 is 13.8 Å². The average molecular weight is 756 g/mol. The largest absolute Gasteiger partial charge is 0.472 e. The minimum atomic E-state index is -4.42. The maximum atomic E-state index is 12.1. The van der Waals surface area contributed by atoms with Gasteiger partial charge in [0.25, 0.3) is 0 Å². The lowest BCUT2D eigenvalue weighted by Gasteiger charge is -2.15. The van der Waals surface area contributed by atoms with Gasteiger partial charge in [0.15, 0.2) is 0 Å². The Bertz CT molecular complexity index is 954. The Balaban J connectivity index is 3.62. The van der Waals surface area contributed by atoms with Crippen molar-refractivity contribution in [2.24, 2.45) is 0 Å². The molecule has 0 aromatic rings. The fourth-order valence-corrected chi connectivity index (χ4v) is 6.35. The predicted molar refractivity (Wildman–Crippen MR) is 215 cm³/mol. The highest BCUT2D eigenvalue weighted by Crippen LogP contribution is 2.42. The van der Waals surface area contributed by atoms with Crippen LogP contribution in [-0.2, 0) is 27.9 Å². The van der Waals surface area contributed by atoms with Crippen molar-refractivity contribution in [2.45, 2.75) is 193 Å². The molecule has 10 heteroatoms. The summed E-state index contributed by atoms with van der Waals surface area (Å²) in [6, 6.07) is 0. The van der Waals surface area contributed by atoms with Crippen LogP contribution in [0.5, 0.6) is 0 Å². The molecule has 2 atom stereocenters. The third kappa shape index (κ3) is 39.4. The van der Waals surface area contributed by atoms with Crippen LogP contribution in [0.2, 0.25) is 0 Å². The lowest BCUT2D eigenvalue weighted by atomic mass is 10.1. The van der Waals surface area contributed by atoms with Gasteiger partial charge in [0.2, 0.25) is 5.91 Å². The number of hydrogen-bond acceptors (Lipinski definition) is 7. The fourth-order valence-electron chi connectivity index (χ4n) is 5.59. The Morgan fingerprint density at radius 2 is 1.08 bits per heavy atom. The molecule has 0 saturated heterocycles. The number of esters is 1. The summed E-state index contributed by atoms with van der Waals surface area (Å²) in [6.45, 7) is 3.46. The number of amides is 1. The van der Waals surface area contributed by atoms with E-state index >= 15 is 0 Å². The molecule has 0 rings (SSSR count). The number of unbranched alkanes of at least 4 members (excludes halogenated alkanes) is 20. The first-order valence-corrected chi connectivity index (χ1v) is 22.5. The van der Waals surface area contributed by atoms with Gasteiger partial charge in [-0.05, 0) is 64.2 Å². The van der Waals surface area contributed by atoms with Gasteiger partial charge in [-0.1, -0.05) is 147 Å². The van der Waals surface area contributed by atoms with Gasteiger partial charge in [0.1, 0.15) is 12.7 Å². The molecule has 1 amide bonds. The normalized spacial score (nSPS) is 13.7. The first-order valence-electron chi connectivity index (χ1n) is 21.0. The van der Waals surface area contributed by atoms with Crippen molar-refractivity contribution in [3.8, 4) is 0 Å². The van der Waals surface area contributed by atoms with Gasteiger partial charge in [-0.25, -0.2) is 4.57 Å². The smallest absolute Gasteiger partial charge is 0.463 e. The predicted octanol–water partition coefficient (Wildman–Crippen LogP) is 11.4. The summed E-state index contributed by atoms with van der Waals surface area (Å²) in [4.78, 5) is 33.8. The highest BCUT2D eigenvalue weighted by Gasteiger charge is 2.23. The second-order valence-corrected chi connectivity index (χ2v) is 15.4. The maximum absolute atomic E-state index is 12.1. The van der Waals surface area contributed by atoms with Crippen molar-refractivity contribution in [3.05, 3.63) is 36.5 Å². The molecule has 0 aliphatic rings. The van der Waals surface area contributed by atoms with E-state index in [4.69, 9.17) is 13.8 Å². The van der Waals surface area contributed by atoms with Crippen molar-refractivity contribution in [1.29, 1.82) is 0 Å². The topological polar surface area (TPSA) is 131 Å². The van der Waals surface area contributed by atoms with E-state index in [1.807, 2.05) is 0 Å². The van der Waals surface area contributed by atoms with Gasteiger partial charge in [-0.15, -0.1) is 0 Å². The number of carbonyl (C=O) groups excluding carboxylic acids is 2. The minimum absolute atomic E-state index is 0.0733. The molecular formula is C42H78NO8P. The first-order chi connectivity index (χ1) is 25.3. The number of hydrogen-bond donors (Lipinski definition) is 3. The molecule has 52 heavy (non-hydrogen) atoms. The zero-order valence-electron chi connectivity index (χ0n) is 33.3. The molecule has 0 aromatic heterocycles. The van der Waals surface area contributed by atoms with Crippen LogP contribution < -0.4 is 5.32 Å². The standard InChI is InChI=1S/C42H78NO8P/c1-3-5-7-9-11-13-15-17-18-19-20-21-23-25-27-29-31-33-35-42(46)49-38-40(44)39-51-52(47,48)50-37-36-43-41(45)34-32-30-28-26-24-22-16-14-12-10-8-6-4-2/h8,10,14,16,18-19,40,44H,3-7,9,11-13,15,17,20-39H2,1-2H3,(H,43,45)(H,47,48)/b10-8-,16-14-,19-18-. The quantitative estimate of drug-likeness (QED) is 0.0244. The SMILES string of the molecule is CCC/C=C\C/C=C\CCCCCCCC(=O)NCCOP(=O)(O)OCC(O)COC(=O)CCCCCCCCC/C=C\CCCCCCCCC. The molecule has 0 fully saturated rings. The number of allylic oxidation sites excluding steroid dienone is 6. The molecule has 0 heterocycles. The summed E-state index contributed by atoms with van der Waals surface area (Å²) in [6.07, 6.45) is 42.1. The third-order valence-electron chi connectivity index (χ3n) is 8.77. The van der Waals surface area contributed by atoms with Crippen molar-refractivity contribution >= 4 is 19.7 Å². The molecular weight excluding hydrogens is 677 g/mol. The van der Waals surface area contributed by atoms with E-state index in [-0.39, 0.29) is 32.1 Å². The molecule has 2 unspecified atom stereocenters. The highest BCUT2D eigenvalue weighted by molar-refractivity contribution is 7.47. The zero-order chi connectivity index (χ0) is 38.2. The third-order valence-corrected chi connectivity index (χ3v) is 9.76. The van der Waals surface area contributed by atoms with Gasteiger partial charge in [-0.3, -0.25) is 18.6 Å². The molecule has 0 saturated carbocycles. The first kappa shape index (κ1) is 50.2. The van der Waals surface area contributed by atoms with Gasteiger partial charge < -0.3 is 20.1 Å². The van der Waals surface area contributed by atoms with Crippen LogP contribution in [0.1, 0.15) is 187 Å². The van der Waals surface area contributed by atoms with Crippen molar-refractivity contribution in [2.75, 3.05) is 26.4 Å². The van der Waals surface area contributed by atoms with Crippen molar-refractivity contribution in [1.82, 2.24) is 5.32 Å². The lowest BCUT2D eigenvalue weighted by Crippen LogP contribution is -2.27. The molecule has 0 spiro atoms. The van der Waals surface area contributed by atoms with Crippen LogP contribution >= 0.6 is 7.82 Å². The van der Waals surface area contributed by atoms with Crippen LogP contribution in [0.25, 0.3) is 0 Å². The van der Waals surface area contributed by atoms with E-state index in [2.05, 4.69) is 55.6 Å². The highest BCUT2D eigenvalue weighted by atomic mass is 31.2. The van der Waals surface area contributed by atoms with Gasteiger partial charge in [0.05, 0.1) is 13.2 Å². The van der Waals surface area contributed by atoms with E-state index in [9.17, 15) is 24.2 Å². The number of aliphatic hydroxyl groups excluding tert-OH is 1. The fraction of sp³-hybridized carbons (Fsp3) is 0.810. The maximum Gasteiger partial charge on any atom is 0.472 e. The number of ether oxygens (including phenoxy) is 1. The Morgan fingerprint density at radius 3 is 1.63 bits per heavy atom. The van der Waals surface area contributed by atoms with Crippen LogP contribution in [0.3, 0.4) is 0 Å². The Hall–Kier alpha value is -1.77. The zero-order valence-corrected chi connectivity index (χ0v) is 34.1. The van der Waals surface area contributed by atoms with E-state index in [1.165, 1.54) is 89.9 Å². The number of phosphoric ester groups is 1. The van der Waals surface area contributed by atoms with Crippen molar-refractivity contribution < 1.29 is 37.9 Å². The monoisotopic (exact) mass is 756 g/mol. The van der Waals surface area contributed by atoms with Crippen LogP contribution in [-0.4, -0.2) is 54.3 Å². The molecule has 0 aromatic carbocycles. The van der Waals surface area contributed by atoms with Crippen LogP contribution in [0.15, 0.2) is 36.5 Å². The summed E-state index contributed by atoms with van der Waals surface area (Å²) < 4.78 is 26.8. The minimum Gasteiger partial charge on any atom is -0.463 e. The number of rotatable bonds is 39. The molecule has 0 aliphatic carbocycles. The molecule has 9 nitrogen and oxygen atoms in total. The van der Waals surface area contributed by atoms with Crippen LogP contribution in [0.4, 0.5) is 0 Å². The van der Waals surface area contributed by atoms with E-state index in [0.717, 1.165) is 70.6 Å². The molecule has 0 bridgehead atoms. The summed E-state index contributed by atoms with van der Waals surface area (Å²) in [5, 5.41) is 12.7.